The largest absolute Gasteiger partial charge is 0.311 e. The number of benzene rings is 1. The van der Waals surface area contributed by atoms with Crippen LogP contribution < -0.4 is 5.32 Å². The molecule has 21 heavy (non-hydrogen) atoms. The fraction of sp³-hybridized carbons (Fsp3) is 0.700. The van der Waals surface area contributed by atoms with Crippen LogP contribution in [0.4, 0.5) is 0 Å². The van der Waals surface area contributed by atoms with Gasteiger partial charge in [-0.2, -0.15) is 0 Å². The van der Waals surface area contributed by atoms with Crippen LogP contribution in [0.25, 0.3) is 0 Å². The molecule has 2 saturated carbocycles. The Hall–Kier alpha value is -0.820. The zero-order chi connectivity index (χ0) is 14.7. The standard InChI is InChI=1S/C20H31N/c1-3-20(16-9-5-4-6-10-16)21-19-13-18(14-19)17-11-7-8-15(2)12-17/h7-8,11-12,16,18-21H,3-6,9-10,13-14H2,1-2H3. The maximum atomic E-state index is 3.99. The Balaban J connectivity index is 1.49. The Morgan fingerprint density at radius 1 is 1.14 bits per heavy atom. The van der Waals surface area contributed by atoms with Crippen LogP contribution in [0.1, 0.15) is 75.3 Å². The first-order valence-corrected chi connectivity index (χ1v) is 9.09. The lowest BCUT2D eigenvalue weighted by atomic mass is 9.74. The molecule has 0 aromatic heterocycles. The Kier molecular flexibility index (Phi) is 5.00. The molecule has 0 bridgehead atoms. The van der Waals surface area contributed by atoms with Gasteiger partial charge >= 0.3 is 0 Å². The first kappa shape index (κ1) is 15.1. The van der Waals surface area contributed by atoms with Crippen molar-refractivity contribution < 1.29 is 0 Å². The van der Waals surface area contributed by atoms with Gasteiger partial charge < -0.3 is 5.32 Å². The van der Waals surface area contributed by atoms with Gasteiger partial charge in [0, 0.05) is 12.1 Å². The van der Waals surface area contributed by atoms with E-state index in [0.717, 1.165) is 23.9 Å². The Labute approximate surface area is 130 Å². The highest BCUT2D eigenvalue weighted by Gasteiger charge is 2.33. The van der Waals surface area contributed by atoms with Crippen molar-refractivity contribution in [1.29, 1.82) is 0 Å². The van der Waals surface area contributed by atoms with Crippen LogP contribution in [-0.2, 0) is 0 Å². The average molecular weight is 285 g/mol. The Bertz CT molecular complexity index is 441. The van der Waals surface area contributed by atoms with Crippen LogP contribution in [0.3, 0.4) is 0 Å². The molecule has 2 aliphatic carbocycles. The van der Waals surface area contributed by atoms with E-state index in [-0.39, 0.29) is 0 Å². The van der Waals surface area contributed by atoms with Crippen molar-refractivity contribution in [3.8, 4) is 0 Å². The third kappa shape index (κ3) is 3.69. The summed E-state index contributed by atoms with van der Waals surface area (Å²) in [5.41, 5.74) is 2.95. The van der Waals surface area contributed by atoms with Gasteiger partial charge in [-0.25, -0.2) is 0 Å². The SMILES string of the molecule is CCC(NC1CC(c2cccc(C)c2)C1)C1CCCCC1. The van der Waals surface area contributed by atoms with E-state index in [4.69, 9.17) is 0 Å². The summed E-state index contributed by atoms with van der Waals surface area (Å²) in [7, 11) is 0. The van der Waals surface area contributed by atoms with E-state index in [2.05, 4.69) is 43.4 Å². The summed E-state index contributed by atoms with van der Waals surface area (Å²) in [4.78, 5) is 0. The number of hydrogen-bond donors (Lipinski definition) is 1. The molecule has 1 N–H and O–H groups in total. The van der Waals surface area contributed by atoms with Crippen LogP contribution in [-0.4, -0.2) is 12.1 Å². The molecule has 0 aliphatic heterocycles. The lowest BCUT2D eigenvalue weighted by Gasteiger charge is -2.41. The smallest absolute Gasteiger partial charge is 0.00952 e. The van der Waals surface area contributed by atoms with Gasteiger partial charge in [0.1, 0.15) is 0 Å². The lowest BCUT2D eigenvalue weighted by Crippen LogP contribution is -2.48. The molecular formula is C20H31N. The van der Waals surface area contributed by atoms with E-state index in [1.807, 2.05) is 0 Å². The molecule has 0 radical (unpaired) electrons. The molecule has 0 amide bonds. The van der Waals surface area contributed by atoms with Crippen LogP contribution >= 0.6 is 0 Å². The predicted molar refractivity (Wildman–Crippen MR) is 90.7 cm³/mol. The summed E-state index contributed by atoms with van der Waals surface area (Å²) in [5, 5.41) is 3.99. The van der Waals surface area contributed by atoms with E-state index in [0.29, 0.717) is 0 Å². The highest BCUT2D eigenvalue weighted by molar-refractivity contribution is 5.27. The zero-order valence-electron chi connectivity index (χ0n) is 13.8. The van der Waals surface area contributed by atoms with Gasteiger partial charge in [-0.1, -0.05) is 56.0 Å². The highest BCUT2D eigenvalue weighted by Crippen LogP contribution is 2.38. The van der Waals surface area contributed by atoms with Crippen molar-refractivity contribution in [2.45, 2.75) is 83.2 Å². The summed E-state index contributed by atoms with van der Waals surface area (Å²) in [6.07, 6.45) is 11.3. The summed E-state index contributed by atoms with van der Waals surface area (Å²) < 4.78 is 0. The van der Waals surface area contributed by atoms with E-state index >= 15 is 0 Å². The maximum Gasteiger partial charge on any atom is 0.00952 e. The first-order valence-electron chi connectivity index (χ1n) is 9.09. The van der Waals surface area contributed by atoms with Gasteiger partial charge in [0.05, 0.1) is 0 Å². The van der Waals surface area contributed by atoms with Crippen molar-refractivity contribution in [3.63, 3.8) is 0 Å². The molecule has 1 atom stereocenters. The molecule has 2 aliphatic rings. The first-order chi connectivity index (χ1) is 10.3. The molecule has 1 nitrogen and oxygen atoms in total. The quantitative estimate of drug-likeness (QED) is 0.785. The molecule has 1 heteroatoms. The minimum absolute atomic E-state index is 0.766. The van der Waals surface area contributed by atoms with Gasteiger partial charge in [-0.05, 0) is 56.4 Å². The normalized spacial score (nSPS) is 28.1. The molecule has 0 spiro atoms. The predicted octanol–water partition coefficient (Wildman–Crippen LogP) is 5.19. The minimum Gasteiger partial charge on any atom is -0.311 e. The highest BCUT2D eigenvalue weighted by atomic mass is 15.0. The van der Waals surface area contributed by atoms with Crippen molar-refractivity contribution in [3.05, 3.63) is 35.4 Å². The van der Waals surface area contributed by atoms with Crippen LogP contribution in [0.15, 0.2) is 24.3 Å². The van der Waals surface area contributed by atoms with E-state index in [1.54, 1.807) is 5.56 Å². The number of nitrogens with one attached hydrogen (secondary N) is 1. The lowest BCUT2D eigenvalue weighted by molar-refractivity contribution is 0.197. The summed E-state index contributed by atoms with van der Waals surface area (Å²) in [5.74, 6) is 1.74. The fourth-order valence-electron chi connectivity index (χ4n) is 4.38. The van der Waals surface area contributed by atoms with Gasteiger partial charge in [-0.15, -0.1) is 0 Å². The molecule has 0 heterocycles. The van der Waals surface area contributed by atoms with Crippen molar-refractivity contribution in [2.75, 3.05) is 0 Å². The third-order valence-corrected chi connectivity index (χ3v) is 5.76. The van der Waals surface area contributed by atoms with Crippen molar-refractivity contribution in [2.24, 2.45) is 5.92 Å². The minimum atomic E-state index is 0.766. The number of rotatable bonds is 5. The third-order valence-electron chi connectivity index (χ3n) is 5.76. The van der Waals surface area contributed by atoms with E-state index < -0.39 is 0 Å². The molecule has 1 aromatic rings. The Morgan fingerprint density at radius 2 is 1.90 bits per heavy atom. The maximum absolute atomic E-state index is 3.99. The summed E-state index contributed by atoms with van der Waals surface area (Å²) in [6.45, 7) is 4.57. The average Bonchev–Trinajstić information content (AvgIpc) is 2.47. The van der Waals surface area contributed by atoms with Crippen LogP contribution in [0, 0.1) is 12.8 Å². The Morgan fingerprint density at radius 3 is 2.57 bits per heavy atom. The monoisotopic (exact) mass is 285 g/mol. The number of aryl methyl sites for hydroxylation is 1. The van der Waals surface area contributed by atoms with Gasteiger partial charge in [-0.3, -0.25) is 0 Å². The fourth-order valence-corrected chi connectivity index (χ4v) is 4.38. The second kappa shape index (κ2) is 6.96. The van der Waals surface area contributed by atoms with E-state index in [9.17, 15) is 0 Å². The van der Waals surface area contributed by atoms with Crippen molar-refractivity contribution in [1.82, 2.24) is 5.32 Å². The number of hydrogen-bond acceptors (Lipinski definition) is 1. The molecule has 1 aromatic carbocycles. The molecule has 116 valence electrons. The molecular weight excluding hydrogens is 254 g/mol. The molecule has 2 fully saturated rings. The van der Waals surface area contributed by atoms with Crippen LogP contribution in [0.5, 0.6) is 0 Å². The van der Waals surface area contributed by atoms with Crippen LogP contribution in [0.2, 0.25) is 0 Å². The second-order valence-electron chi connectivity index (χ2n) is 7.36. The summed E-state index contributed by atoms with van der Waals surface area (Å²) in [6, 6.07) is 10.6. The van der Waals surface area contributed by atoms with E-state index in [1.165, 1.54) is 56.9 Å². The van der Waals surface area contributed by atoms with Gasteiger partial charge in [0.15, 0.2) is 0 Å². The van der Waals surface area contributed by atoms with Crippen molar-refractivity contribution >= 4 is 0 Å². The van der Waals surface area contributed by atoms with Gasteiger partial charge in [0.25, 0.3) is 0 Å². The molecule has 0 saturated heterocycles. The summed E-state index contributed by atoms with van der Waals surface area (Å²) >= 11 is 0. The zero-order valence-corrected chi connectivity index (χ0v) is 13.8. The second-order valence-corrected chi connectivity index (χ2v) is 7.36. The molecule has 1 unspecified atom stereocenters. The van der Waals surface area contributed by atoms with Gasteiger partial charge in [0.2, 0.25) is 0 Å². The topological polar surface area (TPSA) is 12.0 Å². The molecule has 3 rings (SSSR count).